The van der Waals surface area contributed by atoms with Gasteiger partial charge in [0.1, 0.15) is 5.82 Å². The fraction of sp³-hybridized carbons (Fsp3) is 0.308. The molecule has 0 spiro atoms. The van der Waals surface area contributed by atoms with Crippen LogP contribution in [-0.4, -0.2) is 18.0 Å². The van der Waals surface area contributed by atoms with Crippen molar-refractivity contribution in [3.05, 3.63) is 42.0 Å². The summed E-state index contributed by atoms with van der Waals surface area (Å²) in [5.41, 5.74) is 1.33. The highest BCUT2D eigenvalue weighted by atomic mass is 32.2. The molecular weight excluding hydrogens is 276 g/mol. The summed E-state index contributed by atoms with van der Waals surface area (Å²) in [5, 5.41) is 8.35. The first kappa shape index (κ1) is 14.5. The van der Waals surface area contributed by atoms with Crippen LogP contribution >= 0.6 is 0 Å². The molecule has 0 saturated carbocycles. The van der Waals surface area contributed by atoms with Crippen molar-refractivity contribution in [2.75, 3.05) is 5.32 Å². The van der Waals surface area contributed by atoms with Crippen molar-refractivity contribution >= 4 is 15.7 Å². The average molecular weight is 294 g/mol. The van der Waals surface area contributed by atoms with E-state index < -0.39 is 10.0 Å². The minimum Gasteiger partial charge on any atom is -0.378 e. The van der Waals surface area contributed by atoms with Gasteiger partial charge in [-0.05, 0) is 31.5 Å². The predicted octanol–water partition coefficient (Wildman–Crippen LogP) is 1.47. The Kier molecular flexibility index (Phi) is 4.10. The summed E-state index contributed by atoms with van der Waals surface area (Å²) in [6.45, 7) is 5.12. The van der Waals surface area contributed by atoms with Crippen LogP contribution in [0.3, 0.4) is 0 Å². The number of rotatable bonds is 5. The second kappa shape index (κ2) is 5.64. The van der Waals surface area contributed by atoms with Crippen LogP contribution in [0.5, 0.6) is 0 Å². The van der Waals surface area contributed by atoms with Crippen LogP contribution < -0.4 is 10.5 Å². The molecule has 1 aromatic heterocycles. The Bertz CT molecular complexity index is 707. The zero-order valence-corrected chi connectivity index (χ0v) is 12.3. The molecule has 0 aliphatic heterocycles. The molecule has 0 aliphatic rings. The summed E-state index contributed by atoms with van der Waals surface area (Å²) >= 11 is 0. The minimum atomic E-state index is -3.70. The standard InChI is InChI=1S/C13H18N4O2S/c1-3-17-7-6-15-13(17)9-16-11-5-4-10(2)12(8-11)20(14,18)19/h4-8,16H,3,9H2,1-2H3,(H2,14,18,19). The molecule has 0 amide bonds. The molecule has 0 aliphatic carbocycles. The topological polar surface area (TPSA) is 90.0 Å². The maximum Gasteiger partial charge on any atom is 0.238 e. The number of imidazole rings is 1. The van der Waals surface area contributed by atoms with Gasteiger partial charge in [-0.3, -0.25) is 0 Å². The van der Waals surface area contributed by atoms with Crippen LogP contribution in [-0.2, 0) is 23.1 Å². The molecule has 1 heterocycles. The fourth-order valence-electron chi connectivity index (χ4n) is 1.99. The van der Waals surface area contributed by atoms with Crippen LogP contribution in [0.1, 0.15) is 18.3 Å². The largest absolute Gasteiger partial charge is 0.378 e. The summed E-state index contributed by atoms with van der Waals surface area (Å²) < 4.78 is 25.0. The van der Waals surface area contributed by atoms with E-state index in [0.29, 0.717) is 17.8 Å². The Balaban J connectivity index is 2.19. The highest BCUT2D eigenvalue weighted by Crippen LogP contribution is 2.19. The first-order valence-corrected chi connectivity index (χ1v) is 7.83. The van der Waals surface area contributed by atoms with Gasteiger partial charge < -0.3 is 9.88 Å². The van der Waals surface area contributed by atoms with Crippen molar-refractivity contribution in [1.82, 2.24) is 9.55 Å². The van der Waals surface area contributed by atoms with E-state index >= 15 is 0 Å². The third kappa shape index (κ3) is 3.17. The number of benzene rings is 1. The summed E-state index contributed by atoms with van der Waals surface area (Å²) in [7, 11) is -3.70. The van der Waals surface area contributed by atoms with Crippen molar-refractivity contribution in [1.29, 1.82) is 0 Å². The molecular formula is C13H18N4O2S. The molecule has 0 bridgehead atoms. The number of hydrogen-bond acceptors (Lipinski definition) is 4. The third-order valence-corrected chi connectivity index (χ3v) is 4.14. The van der Waals surface area contributed by atoms with Crippen LogP contribution in [0.4, 0.5) is 5.69 Å². The molecule has 2 aromatic rings. The minimum absolute atomic E-state index is 0.140. The van der Waals surface area contributed by atoms with Crippen molar-refractivity contribution in [3.63, 3.8) is 0 Å². The normalized spacial score (nSPS) is 11.6. The molecule has 1 aromatic carbocycles. The molecule has 108 valence electrons. The highest BCUT2D eigenvalue weighted by Gasteiger charge is 2.12. The summed E-state index contributed by atoms with van der Waals surface area (Å²) in [5.74, 6) is 0.894. The predicted molar refractivity (Wildman–Crippen MR) is 77.8 cm³/mol. The van der Waals surface area contributed by atoms with E-state index in [1.54, 1.807) is 25.3 Å². The fourth-order valence-corrected chi connectivity index (χ4v) is 2.80. The Labute approximate surface area is 118 Å². The van der Waals surface area contributed by atoms with Gasteiger partial charge in [0.25, 0.3) is 0 Å². The number of primary sulfonamides is 1. The molecule has 0 saturated heterocycles. The van der Waals surface area contributed by atoms with E-state index in [0.717, 1.165) is 12.4 Å². The lowest BCUT2D eigenvalue weighted by molar-refractivity contribution is 0.597. The second-order valence-electron chi connectivity index (χ2n) is 4.51. The molecule has 2 rings (SSSR count). The summed E-state index contributed by atoms with van der Waals surface area (Å²) in [4.78, 5) is 4.39. The smallest absolute Gasteiger partial charge is 0.238 e. The number of nitrogens with two attached hydrogens (primary N) is 1. The number of sulfonamides is 1. The van der Waals surface area contributed by atoms with Crippen LogP contribution in [0.25, 0.3) is 0 Å². The zero-order valence-electron chi connectivity index (χ0n) is 11.5. The van der Waals surface area contributed by atoms with Gasteiger partial charge in [0, 0.05) is 24.6 Å². The first-order valence-electron chi connectivity index (χ1n) is 6.29. The van der Waals surface area contributed by atoms with Crippen molar-refractivity contribution in [2.24, 2.45) is 5.14 Å². The molecule has 3 N–H and O–H groups in total. The van der Waals surface area contributed by atoms with E-state index in [1.807, 2.05) is 23.8 Å². The summed E-state index contributed by atoms with van der Waals surface area (Å²) in [6.07, 6.45) is 3.65. The van der Waals surface area contributed by atoms with E-state index in [-0.39, 0.29) is 4.90 Å². The van der Waals surface area contributed by atoms with Gasteiger partial charge in [-0.2, -0.15) is 0 Å². The monoisotopic (exact) mass is 294 g/mol. The number of anilines is 1. The Hall–Kier alpha value is -1.86. The molecule has 0 fully saturated rings. The molecule has 0 atom stereocenters. The average Bonchev–Trinajstić information content (AvgIpc) is 2.84. The lowest BCUT2D eigenvalue weighted by Crippen LogP contribution is -2.14. The molecule has 0 radical (unpaired) electrons. The zero-order chi connectivity index (χ0) is 14.8. The summed E-state index contributed by atoms with van der Waals surface area (Å²) in [6, 6.07) is 5.10. The third-order valence-electron chi connectivity index (χ3n) is 3.09. The lowest BCUT2D eigenvalue weighted by Gasteiger charge is -2.10. The SMILES string of the molecule is CCn1ccnc1CNc1ccc(C)c(S(N)(=O)=O)c1. The van der Waals surface area contributed by atoms with E-state index in [2.05, 4.69) is 10.3 Å². The van der Waals surface area contributed by atoms with Crippen molar-refractivity contribution < 1.29 is 8.42 Å². The number of nitrogens with zero attached hydrogens (tertiary/aromatic N) is 2. The maximum absolute atomic E-state index is 11.5. The van der Waals surface area contributed by atoms with E-state index in [9.17, 15) is 8.42 Å². The van der Waals surface area contributed by atoms with Crippen LogP contribution in [0.15, 0.2) is 35.5 Å². The van der Waals surface area contributed by atoms with Gasteiger partial charge in [0.2, 0.25) is 10.0 Å². The van der Waals surface area contributed by atoms with Gasteiger partial charge in [-0.25, -0.2) is 18.5 Å². The first-order chi connectivity index (χ1) is 9.41. The van der Waals surface area contributed by atoms with Crippen LogP contribution in [0.2, 0.25) is 0 Å². The molecule has 6 nitrogen and oxygen atoms in total. The highest BCUT2D eigenvalue weighted by molar-refractivity contribution is 7.89. The quantitative estimate of drug-likeness (QED) is 0.873. The lowest BCUT2D eigenvalue weighted by atomic mass is 10.2. The maximum atomic E-state index is 11.5. The number of aryl methyl sites for hydroxylation is 2. The molecule has 7 heteroatoms. The second-order valence-corrected chi connectivity index (χ2v) is 6.04. The van der Waals surface area contributed by atoms with Crippen molar-refractivity contribution in [3.8, 4) is 0 Å². The number of nitrogens with one attached hydrogen (secondary N) is 1. The van der Waals surface area contributed by atoms with Crippen molar-refractivity contribution in [2.45, 2.75) is 31.8 Å². The Morgan fingerprint density at radius 2 is 2.15 bits per heavy atom. The van der Waals surface area contributed by atoms with Gasteiger partial charge in [-0.15, -0.1) is 0 Å². The van der Waals surface area contributed by atoms with Gasteiger partial charge in [-0.1, -0.05) is 6.07 Å². The van der Waals surface area contributed by atoms with Gasteiger partial charge in [0.05, 0.1) is 11.4 Å². The van der Waals surface area contributed by atoms with E-state index in [4.69, 9.17) is 5.14 Å². The van der Waals surface area contributed by atoms with Gasteiger partial charge >= 0.3 is 0 Å². The molecule has 20 heavy (non-hydrogen) atoms. The number of hydrogen-bond donors (Lipinski definition) is 2. The Morgan fingerprint density at radius 3 is 2.80 bits per heavy atom. The number of aromatic nitrogens is 2. The van der Waals surface area contributed by atoms with Crippen LogP contribution in [0, 0.1) is 6.92 Å². The van der Waals surface area contributed by atoms with Gasteiger partial charge in [0.15, 0.2) is 0 Å². The molecule has 0 unspecified atom stereocenters. The Morgan fingerprint density at radius 1 is 1.40 bits per heavy atom. The van der Waals surface area contributed by atoms with E-state index in [1.165, 1.54) is 0 Å².